The van der Waals surface area contributed by atoms with Crippen LogP contribution in [0.4, 0.5) is 0 Å². The van der Waals surface area contributed by atoms with Crippen molar-refractivity contribution in [2.45, 2.75) is 46.0 Å². The largest absolute Gasteiger partial charge is 0.299 e. The average Bonchev–Trinajstić information content (AvgIpc) is 2.15. The highest BCUT2D eigenvalue weighted by Crippen LogP contribution is 2.43. The molecule has 2 fully saturated rings. The zero-order chi connectivity index (χ0) is 9.42. The highest BCUT2D eigenvalue weighted by atomic mass is 16.1. The normalized spacial score (nSPS) is 45.8. The average molecular weight is 180 g/mol. The Balaban J connectivity index is 2.12. The van der Waals surface area contributed by atoms with Crippen molar-refractivity contribution < 1.29 is 4.79 Å². The van der Waals surface area contributed by atoms with Gasteiger partial charge in [-0.2, -0.15) is 0 Å². The van der Waals surface area contributed by atoms with Crippen molar-refractivity contribution in [2.24, 2.45) is 23.7 Å². The summed E-state index contributed by atoms with van der Waals surface area (Å²) in [5.41, 5.74) is 0. The van der Waals surface area contributed by atoms with Gasteiger partial charge in [-0.15, -0.1) is 0 Å². The number of hydrogen-bond acceptors (Lipinski definition) is 1. The Bertz CT molecular complexity index is 209. The van der Waals surface area contributed by atoms with Crippen LogP contribution in [0.15, 0.2) is 0 Å². The fraction of sp³-hybridized carbons (Fsp3) is 0.917. The number of carbonyl (C=O) groups excluding carboxylic acids is 1. The number of carbonyl (C=O) groups is 1. The second-order valence-electron chi connectivity index (χ2n) is 5.04. The van der Waals surface area contributed by atoms with Gasteiger partial charge in [-0.05, 0) is 24.7 Å². The smallest absolute Gasteiger partial charge is 0.138 e. The lowest BCUT2D eigenvalue weighted by Gasteiger charge is -2.41. The molecule has 74 valence electrons. The van der Waals surface area contributed by atoms with E-state index in [0.717, 1.165) is 11.8 Å². The molecule has 0 aromatic carbocycles. The lowest BCUT2D eigenvalue weighted by molar-refractivity contribution is -0.133. The molecular weight excluding hydrogens is 160 g/mol. The lowest BCUT2D eigenvalue weighted by atomic mass is 9.63. The van der Waals surface area contributed by atoms with Crippen molar-refractivity contribution in [3.05, 3.63) is 0 Å². The third kappa shape index (κ3) is 1.53. The van der Waals surface area contributed by atoms with Gasteiger partial charge in [0.15, 0.2) is 0 Å². The first-order valence-corrected chi connectivity index (χ1v) is 5.74. The van der Waals surface area contributed by atoms with E-state index in [-0.39, 0.29) is 0 Å². The van der Waals surface area contributed by atoms with Crippen LogP contribution in [0, 0.1) is 23.7 Å². The quantitative estimate of drug-likeness (QED) is 0.560. The van der Waals surface area contributed by atoms with E-state index < -0.39 is 0 Å². The van der Waals surface area contributed by atoms with Crippen molar-refractivity contribution in [1.29, 1.82) is 0 Å². The Hall–Kier alpha value is -0.330. The standard InChI is InChI=1S/C12H20O/c1-8-7-10-5-3-4-6-11(10)9(2)12(8)13/h8-11H,3-7H2,1-2H3/t8-,9+,10+,11+/m1/s1. The molecule has 0 radical (unpaired) electrons. The lowest BCUT2D eigenvalue weighted by Crippen LogP contribution is -2.39. The second kappa shape index (κ2) is 3.43. The molecule has 2 aliphatic carbocycles. The van der Waals surface area contributed by atoms with E-state index >= 15 is 0 Å². The molecule has 13 heavy (non-hydrogen) atoms. The van der Waals surface area contributed by atoms with Crippen molar-refractivity contribution in [2.75, 3.05) is 0 Å². The summed E-state index contributed by atoms with van der Waals surface area (Å²) in [5, 5.41) is 0. The Labute approximate surface area is 80.9 Å². The molecule has 0 amide bonds. The maximum Gasteiger partial charge on any atom is 0.138 e. The van der Waals surface area contributed by atoms with Crippen LogP contribution in [0.3, 0.4) is 0 Å². The molecule has 0 spiro atoms. The topological polar surface area (TPSA) is 17.1 Å². The number of hydrogen-bond donors (Lipinski definition) is 0. The van der Waals surface area contributed by atoms with E-state index in [1.807, 2.05) is 0 Å². The van der Waals surface area contributed by atoms with Gasteiger partial charge >= 0.3 is 0 Å². The molecule has 1 nitrogen and oxygen atoms in total. The number of fused-ring (bicyclic) bond motifs is 1. The van der Waals surface area contributed by atoms with Crippen LogP contribution in [0.5, 0.6) is 0 Å². The predicted octanol–water partition coefficient (Wildman–Crippen LogP) is 3.04. The van der Waals surface area contributed by atoms with Crippen LogP contribution in [0.2, 0.25) is 0 Å². The van der Waals surface area contributed by atoms with E-state index in [4.69, 9.17) is 0 Å². The molecular formula is C12H20O. The third-order valence-corrected chi connectivity index (χ3v) is 4.20. The molecule has 0 N–H and O–H groups in total. The summed E-state index contributed by atoms with van der Waals surface area (Å²) in [5.74, 6) is 2.83. The van der Waals surface area contributed by atoms with E-state index in [0.29, 0.717) is 17.6 Å². The first-order valence-electron chi connectivity index (χ1n) is 5.74. The minimum Gasteiger partial charge on any atom is -0.299 e. The Morgan fingerprint density at radius 2 is 1.85 bits per heavy atom. The van der Waals surface area contributed by atoms with Gasteiger partial charge < -0.3 is 0 Å². The molecule has 0 unspecified atom stereocenters. The molecule has 2 saturated carbocycles. The van der Waals surface area contributed by atoms with Gasteiger partial charge in [0, 0.05) is 11.8 Å². The van der Waals surface area contributed by atoms with Gasteiger partial charge in [-0.3, -0.25) is 4.79 Å². The summed E-state index contributed by atoms with van der Waals surface area (Å²) in [7, 11) is 0. The Morgan fingerprint density at radius 1 is 1.15 bits per heavy atom. The van der Waals surface area contributed by atoms with E-state index in [2.05, 4.69) is 13.8 Å². The second-order valence-corrected chi connectivity index (χ2v) is 5.04. The van der Waals surface area contributed by atoms with Crippen LogP contribution < -0.4 is 0 Å². The minimum atomic E-state index is 0.342. The highest BCUT2D eigenvalue weighted by molar-refractivity contribution is 5.83. The number of ketones is 1. The first-order chi connectivity index (χ1) is 6.20. The first kappa shape index (κ1) is 9.23. The van der Waals surface area contributed by atoms with Crippen LogP contribution in [-0.4, -0.2) is 5.78 Å². The monoisotopic (exact) mass is 180 g/mol. The van der Waals surface area contributed by atoms with Gasteiger partial charge in [0.05, 0.1) is 0 Å². The van der Waals surface area contributed by atoms with E-state index in [1.54, 1.807) is 0 Å². The zero-order valence-corrected chi connectivity index (χ0v) is 8.75. The molecule has 1 heteroatoms. The van der Waals surface area contributed by atoms with Crippen LogP contribution >= 0.6 is 0 Å². The summed E-state index contributed by atoms with van der Waals surface area (Å²) in [4.78, 5) is 11.8. The SMILES string of the molecule is C[C@@H]1C[C@@H]2CCCC[C@H]2[C@H](C)C1=O. The predicted molar refractivity (Wildman–Crippen MR) is 53.4 cm³/mol. The third-order valence-electron chi connectivity index (χ3n) is 4.20. The van der Waals surface area contributed by atoms with Crippen LogP contribution in [0.1, 0.15) is 46.0 Å². The summed E-state index contributed by atoms with van der Waals surface area (Å²) >= 11 is 0. The fourth-order valence-electron chi connectivity index (χ4n) is 3.42. The van der Waals surface area contributed by atoms with E-state index in [1.165, 1.54) is 32.1 Å². The number of rotatable bonds is 0. The molecule has 0 aromatic rings. The van der Waals surface area contributed by atoms with Gasteiger partial charge in [-0.25, -0.2) is 0 Å². The van der Waals surface area contributed by atoms with Crippen molar-refractivity contribution >= 4 is 5.78 Å². The van der Waals surface area contributed by atoms with Gasteiger partial charge in [0.25, 0.3) is 0 Å². The maximum atomic E-state index is 11.8. The Kier molecular flexibility index (Phi) is 2.44. The summed E-state index contributed by atoms with van der Waals surface area (Å²) in [6.07, 6.45) is 6.62. The molecule has 4 atom stereocenters. The van der Waals surface area contributed by atoms with Crippen molar-refractivity contribution in [3.8, 4) is 0 Å². The highest BCUT2D eigenvalue weighted by Gasteiger charge is 2.40. The summed E-state index contributed by atoms with van der Waals surface area (Å²) in [6.45, 7) is 4.27. The van der Waals surface area contributed by atoms with Gasteiger partial charge in [-0.1, -0.05) is 33.1 Å². The fourth-order valence-corrected chi connectivity index (χ4v) is 3.42. The summed E-state index contributed by atoms with van der Waals surface area (Å²) < 4.78 is 0. The van der Waals surface area contributed by atoms with Gasteiger partial charge in [0.1, 0.15) is 5.78 Å². The molecule has 2 rings (SSSR count). The summed E-state index contributed by atoms with van der Waals surface area (Å²) in [6, 6.07) is 0. The molecule has 0 aromatic heterocycles. The molecule has 0 bridgehead atoms. The minimum absolute atomic E-state index is 0.342. The number of Topliss-reactive ketones (excluding diaryl/α,β-unsaturated/α-hetero) is 1. The van der Waals surface area contributed by atoms with Crippen molar-refractivity contribution in [1.82, 2.24) is 0 Å². The zero-order valence-electron chi connectivity index (χ0n) is 8.75. The molecule has 0 aliphatic heterocycles. The van der Waals surface area contributed by atoms with Crippen molar-refractivity contribution in [3.63, 3.8) is 0 Å². The molecule has 0 heterocycles. The maximum absolute atomic E-state index is 11.8. The molecule has 0 saturated heterocycles. The van der Waals surface area contributed by atoms with Crippen LogP contribution in [0.25, 0.3) is 0 Å². The molecule has 2 aliphatic rings. The van der Waals surface area contributed by atoms with Crippen LogP contribution in [-0.2, 0) is 4.79 Å². The van der Waals surface area contributed by atoms with Gasteiger partial charge in [0.2, 0.25) is 0 Å². The Morgan fingerprint density at radius 3 is 2.62 bits per heavy atom. The van der Waals surface area contributed by atoms with E-state index in [9.17, 15) is 4.79 Å².